The van der Waals surface area contributed by atoms with Crippen LogP contribution in [0, 0.1) is 6.92 Å². The minimum absolute atomic E-state index is 0.158. The number of aryl methyl sites for hydroxylation is 1. The van der Waals surface area contributed by atoms with E-state index < -0.39 is 10.0 Å². The molecule has 2 N–H and O–H groups in total. The third-order valence-electron chi connectivity index (χ3n) is 4.03. The van der Waals surface area contributed by atoms with Crippen LogP contribution in [0.25, 0.3) is 0 Å². The predicted molar refractivity (Wildman–Crippen MR) is 96.2 cm³/mol. The van der Waals surface area contributed by atoms with Crippen LogP contribution >= 0.6 is 0 Å². The zero-order valence-corrected chi connectivity index (χ0v) is 15.0. The number of anilines is 2. The van der Waals surface area contributed by atoms with Gasteiger partial charge in [-0.05, 0) is 50.6 Å². The van der Waals surface area contributed by atoms with Gasteiger partial charge in [0, 0.05) is 12.2 Å². The number of amides is 2. The molecular weight excluding hydrogens is 342 g/mol. The Hall–Kier alpha value is -2.48. The van der Waals surface area contributed by atoms with Crippen LogP contribution in [-0.4, -0.2) is 26.7 Å². The Morgan fingerprint density at radius 3 is 2.72 bits per heavy atom. The van der Waals surface area contributed by atoms with Gasteiger partial charge in [0.1, 0.15) is 11.5 Å². The van der Waals surface area contributed by atoms with Crippen molar-refractivity contribution in [3.63, 3.8) is 0 Å². The Kier molecular flexibility index (Phi) is 4.71. The number of nitrogens with one attached hydrogen (secondary N) is 2. The molecule has 1 unspecified atom stereocenters. The highest BCUT2D eigenvalue weighted by molar-refractivity contribution is 7.93. The summed E-state index contributed by atoms with van der Waals surface area (Å²) in [5.74, 6) is 1.61. The molecule has 3 rings (SSSR count). The van der Waals surface area contributed by atoms with Crippen molar-refractivity contribution in [3.05, 3.63) is 47.9 Å². The third-order valence-corrected chi connectivity index (χ3v) is 5.90. The normalized spacial score (nSPS) is 17.3. The van der Waals surface area contributed by atoms with E-state index in [9.17, 15) is 13.2 Å². The SMILES string of the molecule is Cc1ccc(C(C)NC(=O)Nc2cccc(N3CCCS3(=O)=O)c2)o1. The van der Waals surface area contributed by atoms with E-state index in [1.165, 1.54) is 4.31 Å². The molecular formula is C17H21N3O4S. The molecule has 0 saturated carbocycles. The smallest absolute Gasteiger partial charge is 0.319 e. The van der Waals surface area contributed by atoms with Crippen molar-refractivity contribution >= 4 is 27.4 Å². The maximum atomic E-state index is 12.2. The van der Waals surface area contributed by atoms with Crippen LogP contribution in [0.1, 0.15) is 30.9 Å². The van der Waals surface area contributed by atoms with E-state index in [0.29, 0.717) is 30.1 Å². The van der Waals surface area contributed by atoms with Gasteiger partial charge in [-0.25, -0.2) is 13.2 Å². The lowest BCUT2D eigenvalue weighted by atomic mass is 10.2. The number of hydrogen-bond donors (Lipinski definition) is 2. The first kappa shape index (κ1) is 17.3. The lowest BCUT2D eigenvalue weighted by Crippen LogP contribution is -2.31. The molecule has 1 atom stereocenters. The van der Waals surface area contributed by atoms with Gasteiger partial charge in [-0.1, -0.05) is 6.07 Å². The molecule has 2 amide bonds. The molecule has 0 bridgehead atoms. The lowest BCUT2D eigenvalue weighted by molar-refractivity contribution is 0.247. The van der Waals surface area contributed by atoms with Crippen LogP contribution in [0.3, 0.4) is 0 Å². The number of rotatable bonds is 4. The fraction of sp³-hybridized carbons (Fsp3) is 0.353. The van der Waals surface area contributed by atoms with Crippen molar-refractivity contribution in [1.29, 1.82) is 0 Å². The molecule has 1 fully saturated rings. The first-order valence-electron chi connectivity index (χ1n) is 8.09. The molecule has 0 spiro atoms. The first-order chi connectivity index (χ1) is 11.8. The molecule has 1 aliphatic rings. The van der Waals surface area contributed by atoms with Crippen LogP contribution < -0.4 is 14.9 Å². The number of furan rings is 1. The standard InChI is InChI=1S/C17H21N3O4S/c1-12-7-8-16(24-12)13(2)18-17(21)19-14-5-3-6-15(11-14)20-9-4-10-25(20,22)23/h3,5-8,11,13H,4,9-10H2,1-2H3,(H2,18,19,21). The zero-order chi connectivity index (χ0) is 18.0. The van der Waals surface area contributed by atoms with Gasteiger partial charge in [0.05, 0.1) is 17.5 Å². The predicted octanol–water partition coefficient (Wildman–Crippen LogP) is 3.01. The van der Waals surface area contributed by atoms with Gasteiger partial charge in [0.2, 0.25) is 10.0 Å². The number of carbonyl (C=O) groups excluding carboxylic acids is 1. The molecule has 1 aromatic carbocycles. The Balaban J connectivity index is 1.67. The van der Waals surface area contributed by atoms with Crippen molar-refractivity contribution < 1.29 is 17.6 Å². The van der Waals surface area contributed by atoms with Crippen molar-refractivity contribution in [2.24, 2.45) is 0 Å². The number of sulfonamides is 1. The number of nitrogens with zero attached hydrogens (tertiary/aromatic N) is 1. The van der Waals surface area contributed by atoms with Crippen molar-refractivity contribution in [3.8, 4) is 0 Å². The Bertz CT molecular complexity index is 876. The Labute approximate surface area is 147 Å². The summed E-state index contributed by atoms with van der Waals surface area (Å²) < 4.78 is 30.9. The van der Waals surface area contributed by atoms with Crippen molar-refractivity contribution in [2.45, 2.75) is 26.3 Å². The highest BCUT2D eigenvalue weighted by Gasteiger charge is 2.28. The molecule has 7 nitrogen and oxygen atoms in total. The van der Waals surface area contributed by atoms with Crippen LogP contribution in [0.4, 0.5) is 16.2 Å². The Morgan fingerprint density at radius 1 is 1.28 bits per heavy atom. The van der Waals surface area contributed by atoms with Crippen molar-refractivity contribution in [2.75, 3.05) is 21.9 Å². The lowest BCUT2D eigenvalue weighted by Gasteiger charge is -2.18. The average Bonchev–Trinajstić information content (AvgIpc) is 3.12. The third kappa shape index (κ3) is 3.96. The van der Waals surface area contributed by atoms with Crippen LogP contribution in [0.5, 0.6) is 0 Å². The summed E-state index contributed by atoms with van der Waals surface area (Å²) in [6, 6.07) is 9.80. The molecule has 1 aliphatic heterocycles. The summed E-state index contributed by atoms with van der Waals surface area (Å²) in [6.07, 6.45) is 0.612. The van der Waals surface area contributed by atoms with Gasteiger partial charge < -0.3 is 15.1 Å². The van der Waals surface area contributed by atoms with Gasteiger partial charge >= 0.3 is 6.03 Å². The van der Waals surface area contributed by atoms with E-state index in [4.69, 9.17) is 4.42 Å². The Morgan fingerprint density at radius 2 is 2.08 bits per heavy atom. The highest BCUT2D eigenvalue weighted by atomic mass is 32.2. The molecule has 134 valence electrons. The summed E-state index contributed by atoms with van der Waals surface area (Å²) in [4.78, 5) is 12.2. The molecule has 8 heteroatoms. The quantitative estimate of drug-likeness (QED) is 0.873. The summed E-state index contributed by atoms with van der Waals surface area (Å²) in [7, 11) is -3.25. The summed E-state index contributed by atoms with van der Waals surface area (Å²) in [6.45, 7) is 4.13. The minimum atomic E-state index is -3.25. The maximum absolute atomic E-state index is 12.2. The van der Waals surface area contributed by atoms with Crippen LogP contribution in [0.2, 0.25) is 0 Å². The fourth-order valence-electron chi connectivity index (χ4n) is 2.79. The van der Waals surface area contributed by atoms with E-state index in [1.54, 1.807) is 24.3 Å². The number of hydrogen-bond acceptors (Lipinski definition) is 4. The molecule has 25 heavy (non-hydrogen) atoms. The molecule has 1 saturated heterocycles. The second-order valence-corrected chi connectivity index (χ2v) is 8.07. The summed E-state index contributed by atoms with van der Waals surface area (Å²) >= 11 is 0. The van der Waals surface area contributed by atoms with Gasteiger partial charge in [-0.15, -0.1) is 0 Å². The monoisotopic (exact) mass is 363 g/mol. The largest absolute Gasteiger partial charge is 0.464 e. The van der Waals surface area contributed by atoms with Gasteiger partial charge in [-0.3, -0.25) is 4.31 Å². The van der Waals surface area contributed by atoms with Crippen LogP contribution in [0.15, 0.2) is 40.8 Å². The summed E-state index contributed by atoms with van der Waals surface area (Å²) in [5, 5.41) is 5.51. The van der Waals surface area contributed by atoms with E-state index in [2.05, 4.69) is 10.6 Å². The fourth-order valence-corrected chi connectivity index (χ4v) is 4.35. The van der Waals surface area contributed by atoms with Gasteiger partial charge in [0.15, 0.2) is 0 Å². The van der Waals surface area contributed by atoms with Gasteiger partial charge in [-0.2, -0.15) is 0 Å². The average molecular weight is 363 g/mol. The second-order valence-electron chi connectivity index (χ2n) is 6.06. The first-order valence-corrected chi connectivity index (χ1v) is 9.70. The van der Waals surface area contributed by atoms with E-state index in [-0.39, 0.29) is 17.8 Å². The van der Waals surface area contributed by atoms with Gasteiger partial charge in [0.25, 0.3) is 0 Å². The van der Waals surface area contributed by atoms with E-state index >= 15 is 0 Å². The number of benzene rings is 1. The van der Waals surface area contributed by atoms with E-state index in [0.717, 1.165) is 5.76 Å². The second kappa shape index (κ2) is 6.79. The van der Waals surface area contributed by atoms with E-state index in [1.807, 2.05) is 26.0 Å². The van der Waals surface area contributed by atoms with Crippen LogP contribution in [-0.2, 0) is 10.0 Å². The highest BCUT2D eigenvalue weighted by Crippen LogP contribution is 2.26. The van der Waals surface area contributed by atoms with Crippen molar-refractivity contribution in [1.82, 2.24) is 5.32 Å². The molecule has 0 aliphatic carbocycles. The molecule has 0 radical (unpaired) electrons. The molecule has 2 aromatic rings. The molecule has 1 aromatic heterocycles. The minimum Gasteiger partial charge on any atom is -0.464 e. The summed E-state index contributed by atoms with van der Waals surface area (Å²) in [5.41, 5.74) is 1.09. The zero-order valence-electron chi connectivity index (χ0n) is 14.2. The number of urea groups is 1. The number of carbonyl (C=O) groups is 1. The molecule has 2 heterocycles. The maximum Gasteiger partial charge on any atom is 0.319 e. The topological polar surface area (TPSA) is 91.7 Å².